The molecular weight excluding hydrogens is 452 g/mol. The van der Waals surface area contributed by atoms with Crippen molar-refractivity contribution in [1.29, 1.82) is 0 Å². The van der Waals surface area contributed by atoms with Crippen molar-refractivity contribution in [2.45, 2.75) is 45.3 Å². The van der Waals surface area contributed by atoms with Crippen LogP contribution in [0.2, 0.25) is 0 Å². The Bertz CT molecular complexity index is 1050. The number of hydrogen-bond acceptors (Lipinski definition) is 6. The van der Waals surface area contributed by atoms with Crippen molar-refractivity contribution in [2.24, 2.45) is 5.92 Å². The second-order valence-corrected chi connectivity index (χ2v) is 8.68. The second kappa shape index (κ2) is 12.0. The predicted molar refractivity (Wildman–Crippen MR) is 130 cm³/mol. The molecule has 0 radical (unpaired) electrons. The number of para-hydroxylation sites is 2. The number of amides is 3. The van der Waals surface area contributed by atoms with Crippen molar-refractivity contribution in [3.05, 3.63) is 70.3 Å². The molecule has 186 valence electrons. The molecule has 1 aliphatic rings. The van der Waals surface area contributed by atoms with Crippen LogP contribution in [0.1, 0.15) is 44.7 Å². The first kappa shape index (κ1) is 25.7. The summed E-state index contributed by atoms with van der Waals surface area (Å²) in [6, 6.07) is 14.0. The Kier molecular flexibility index (Phi) is 8.77. The highest BCUT2D eigenvalue weighted by molar-refractivity contribution is 5.89. The van der Waals surface area contributed by atoms with Crippen molar-refractivity contribution in [3.63, 3.8) is 0 Å². The number of nitro benzene ring substituents is 1. The number of anilines is 1. The molecule has 0 spiro atoms. The number of likely N-dealkylation sites (tertiary alicyclic amines) is 1. The molecule has 2 N–H and O–H groups in total. The van der Waals surface area contributed by atoms with Gasteiger partial charge in [-0.1, -0.05) is 36.4 Å². The summed E-state index contributed by atoms with van der Waals surface area (Å²) in [7, 11) is 0. The Morgan fingerprint density at radius 2 is 1.69 bits per heavy atom. The van der Waals surface area contributed by atoms with Crippen LogP contribution in [0.3, 0.4) is 0 Å². The Labute approximate surface area is 203 Å². The van der Waals surface area contributed by atoms with Gasteiger partial charge < -0.3 is 20.3 Å². The van der Waals surface area contributed by atoms with E-state index in [0.29, 0.717) is 31.6 Å². The van der Waals surface area contributed by atoms with Gasteiger partial charge in [-0.2, -0.15) is 0 Å². The van der Waals surface area contributed by atoms with Crippen molar-refractivity contribution >= 4 is 29.3 Å². The summed E-state index contributed by atoms with van der Waals surface area (Å²) in [6.45, 7) is 4.20. The number of carbonyl (C=O) groups excluding carboxylic acids is 3. The van der Waals surface area contributed by atoms with E-state index >= 15 is 0 Å². The number of ether oxygens (including phenoxy) is 1. The van der Waals surface area contributed by atoms with Gasteiger partial charge in [0.05, 0.1) is 29.1 Å². The van der Waals surface area contributed by atoms with Gasteiger partial charge in [0, 0.05) is 30.8 Å². The van der Waals surface area contributed by atoms with E-state index in [-0.39, 0.29) is 41.6 Å². The van der Waals surface area contributed by atoms with Crippen LogP contribution in [0.25, 0.3) is 0 Å². The van der Waals surface area contributed by atoms with E-state index in [1.165, 1.54) is 18.2 Å². The first-order valence-electron chi connectivity index (χ1n) is 11.6. The van der Waals surface area contributed by atoms with Gasteiger partial charge in [-0.15, -0.1) is 0 Å². The lowest BCUT2D eigenvalue weighted by Crippen LogP contribution is -2.45. The average molecular weight is 483 g/mol. The van der Waals surface area contributed by atoms with Crippen LogP contribution in [0.5, 0.6) is 0 Å². The summed E-state index contributed by atoms with van der Waals surface area (Å²) in [5.41, 5.74) is 0.756. The van der Waals surface area contributed by atoms with E-state index in [1.54, 1.807) is 36.9 Å². The van der Waals surface area contributed by atoms with Crippen molar-refractivity contribution in [2.75, 3.05) is 18.4 Å². The molecule has 10 nitrogen and oxygen atoms in total. The van der Waals surface area contributed by atoms with E-state index < -0.39 is 16.9 Å². The normalized spacial score (nSPS) is 14.8. The molecule has 10 heteroatoms. The van der Waals surface area contributed by atoms with E-state index in [9.17, 15) is 24.5 Å². The first-order valence-corrected chi connectivity index (χ1v) is 11.6. The zero-order chi connectivity index (χ0) is 25.4. The number of hydrogen-bond donors (Lipinski definition) is 2. The van der Waals surface area contributed by atoms with Gasteiger partial charge in [0.1, 0.15) is 0 Å². The number of nitrogens with one attached hydrogen (secondary N) is 2. The molecule has 0 aliphatic carbocycles. The first-order chi connectivity index (χ1) is 16.7. The van der Waals surface area contributed by atoms with Crippen molar-refractivity contribution in [1.82, 2.24) is 10.2 Å². The van der Waals surface area contributed by atoms with E-state index in [0.717, 1.165) is 0 Å². The number of esters is 1. The molecule has 3 rings (SSSR count). The minimum absolute atomic E-state index is 0.178. The number of nitro groups is 1. The topological polar surface area (TPSA) is 131 Å². The monoisotopic (exact) mass is 482 g/mol. The Hall–Kier alpha value is -3.95. The summed E-state index contributed by atoms with van der Waals surface area (Å²) >= 11 is 0. The smallest absolute Gasteiger partial charge is 0.321 e. The third kappa shape index (κ3) is 7.26. The van der Waals surface area contributed by atoms with Gasteiger partial charge in [-0.3, -0.25) is 19.7 Å². The molecule has 0 bridgehead atoms. The Balaban J connectivity index is 1.65. The van der Waals surface area contributed by atoms with Crippen LogP contribution >= 0.6 is 0 Å². The number of urea groups is 1. The molecule has 1 fully saturated rings. The maximum atomic E-state index is 13.1. The lowest BCUT2D eigenvalue weighted by molar-refractivity contribution is -0.385. The zero-order valence-electron chi connectivity index (χ0n) is 19.8. The average Bonchev–Trinajstić information content (AvgIpc) is 2.83. The number of rotatable bonds is 8. The van der Waals surface area contributed by atoms with Crippen molar-refractivity contribution < 1.29 is 24.0 Å². The van der Waals surface area contributed by atoms with Gasteiger partial charge in [0.2, 0.25) is 5.91 Å². The molecule has 1 heterocycles. The molecular formula is C25H30N4O6. The van der Waals surface area contributed by atoms with Gasteiger partial charge >= 0.3 is 12.0 Å². The summed E-state index contributed by atoms with van der Waals surface area (Å²) in [4.78, 5) is 50.6. The highest BCUT2D eigenvalue weighted by atomic mass is 16.6. The van der Waals surface area contributed by atoms with E-state index in [1.807, 2.05) is 18.2 Å². The molecule has 2 aromatic carbocycles. The van der Waals surface area contributed by atoms with Crippen LogP contribution in [0, 0.1) is 16.0 Å². The minimum atomic E-state index is -0.908. The second-order valence-electron chi connectivity index (χ2n) is 8.68. The number of carbonyl (C=O) groups is 3. The highest BCUT2D eigenvalue weighted by Gasteiger charge is 2.32. The number of piperidine rings is 1. The SMILES string of the molecule is CC(C)OC(=O)CC(NC(=O)C1CCN(C(=O)Nc2ccccc2)CC1)c1ccccc1[N+](=O)[O-]. The Morgan fingerprint density at radius 1 is 1.06 bits per heavy atom. The molecule has 1 unspecified atom stereocenters. The van der Waals surface area contributed by atoms with Crippen LogP contribution in [0.15, 0.2) is 54.6 Å². The maximum Gasteiger partial charge on any atom is 0.321 e. The molecule has 0 aromatic heterocycles. The highest BCUT2D eigenvalue weighted by Crippen LogP contribution is 2.29. The molecule has 0 saturated carbocycles. The van der Waals surface area contributed by atoms with Gasteiger partial charge in [-0.05, 0) is 38.8 Å². The van der Waals surface area contributed by atoms with Gasteiger partial charge in [0.15, 0.2) is 0 Å². The number of benzene rings is 2. The fourth-order valence-corrected chi connectivity index (χ4v) is 4.02. The minimum Gasteiger partial charge on any atom is -0.463 e. The van der Waals surface area contributed by atoms with Gasteiger partial charge in [0.25, 0.3) is 5.69 Å². The quantitative estimate of drug-likeness (QED) is 0.332. The maximum absolute atomic E-state index is 13.1. The lowest BCUT2D eigenvalue weighted by atomic mass is 9.94. The van der Waals surface area contributed by atoms with Crippen LogP contribution in [0.4, 0.5) is 16.2 Å². The summed E-state index contributed by atoms with van der Waals surface area (Å²) in [5.74, 6) is -1.26. The Morgan fingerprint density at radius 3 is 2.31 bits per heavy atom. The fraction of sp³-hybridized carbons (Fsp3) is 0.400. The van der Waals surface area contributed by atoms with Crippen LogP contribution < -0.4 is 10.6 Å². The van der Waals surface area contributed by atoms with Gasteiger partial charge in [-0.25, -0.2) is 4.79 Å². The summed E-state index contributed by atoms with van der Waals surface area (Å²) in [6.07, 6.45) is 0.297. The molecule has 2 aromatic rings. The standard InChI is InChI=1S/C25H30N4O6/c1-17(2)35-23(30)16-21(20-10-6-7-11-22(20)29(33)34)27-24(31)18-12-14-28(15-13-18)25(32)26-19-8-4-3-5-9-19/h3-11,17-18,21H,12-16H2,1-2H3,(H,26,32)(H,27,31). The molecule has 3 amide bonds. The lowest BCUT2D eigenvalue weighted by Gasteiger charge is -2.32. The predicted octanol–water partition coefficient (Wildman–Crippen LogP) is 4.04. The molecule has 1 saturated heterocycles. The van der Waals surface area contributed by atoms with E-state index in [2.05, 4.69) is 10.6 Å². The third-order valence-electron chi connectivity index (χ3n) is 5.74. The zero-order valence-corrected chi connectivity index (χ0v) is 19.8. The summed E-state index contributed by atoms with van der Waals surface area (Å²) < 4.78 is 5.21. The van der Waals surface area contributed by atoms with Crippen LogP contribution in [-0.2, 0) is 14.3 Å². The van der Waals surface area contributed by atoms with Crippen LogP contribution in [-0.4, -0.2) is 46.9 Å². The summed E-state index contributed by atoms with van der Waals surface area (Å²) in [5, 5.41) is 17.2. The fourth-order valence-electron chi connectivity index (χ4n) is 4.02. The molecule has 35 heavy (non-hydrogen) atoms. The number of nitrogens with zero attached hydrogens (tertiary/aromatic N) is 2. The van der Waals surface area contributed by atoms with E-state index in [4.69, 9.17) is 4.74 Å². The molecule has 1 atom stereocenters. The largest absolute Gasteiger partial charge is 0.463 e. The molecule has 1 aliphatic heterocycles. The third-order valence-corrected chi connectivity index (χ3v) is 5.74. The van der Waals surface area contributed by atoms with Crippen molar-refractivity contribution in [3.8, 4) is 0 Å².